The number of carbonyl (C=O) groups is 1. The Morgan fingerprint density at radius 2 is 2.28 bits per heavy atom. The molecule has 3 rings (SSSR count). The van der Waals surface area contributed by atoms with Gasteiger partial charge in [0.15, 0.2) is 11.5 Å². The lowest BCUT2D eigenvalue weighted by Crippen LogP contribution is -2.41. The van der Waals surface area contributed by atoms with Crippen LogP contribution in [-0.2, 0) is 10.0 Å². The van der Waals surface area contributed by atoms with Crippen LogP contribution in [0.4, 0.5) is 10.6 Å². The van der Waals surface area contributed by atoms with Gasteiger partial charge in [-0.2, -0.15) is 4.31 Å². The van der Waals surface area contributed by atoms with Gasteiger partial charge in [-0.1, -0.05) is 13.8 Å². The average Bonchev–Trinajstić information content (AvgIpc) is 3.14. The third-order valence-corrected chi connectivity index (χ3v) is 6.13. The first-order valence-corrected chi connectivity index (χ1v) is 9.80. The molecular formula is C15H22N6O3S. The van der Waals surface area contributed by atoms with Crippen molar-refractivity contribution in [1.29, 1.82) is 0 Å². The number of rotatable bonds is 5. The summed E-state index contributed by atoms with van der Waals surface area (Å²) < 4.78 is 25.9. The van der Waals surface area contributed by atoms with E-state index in [9.17, 15) is 13.2 Å². The van der Waals surface area contributed by atoms with Crippen LogP contribution in [0.3, 0.4) is 0 Å². The number of aromatic amines is 1. The lowest BCUT2D eigenvalue weighted by atomic mass is 10.3. The summed E-state index contributed by atoms with van der Waals surface area (Å²) in [6, 6.07) is 1.13. The van der Waals surface area contributed by atoms with Crippen molar-refractivity contribution in [2.24, 2.45) is 5.92 Å². The Morgan fingerprint density at radius 3 is 3.04 bits per heavy atom. The molecule has 3 N–H and O–H groups in total. The number of urea groups is 1. The largest absolute Gasteiger partial charge is 0.345 e. The molecule has 2 aromatic heterocycles. The Kier molecular flexibility index (Phi) is 4.91. The number of amides is 2. The highest BCUT2D eigenvalue weighted by Gasteiger charge is 2.32. The molecule has 10 heteroatoms. The van der Waals surface area contributed by atoms with E-state index in [0.29, 0.717) is 36.5 Å². The van der Waals surface area contributed by atoms with Crippen LogP contribution in [0.5, 0.6) is 0 Å². The monoisotopic (exact) mass is 366 g/mol. The van der Waals surface area contributed by atoms with Gasteiger partial charge in [-0.15, -0.1) is 0 Å². The third-order valence-electron chi connectivity index (χ3n) is 3.93. The van der Waals surface area contributed by atoms with Gasteiger partial charge in [-0.05, 0) is 18.4 Å². The second-order valence-electron chi connectivity index (χ2n) is 6.58. The topological polar surface area (TPSA) is 120 Å². The summed E-state index contributed by atoms with van der Waals surface area (Å²) in [6.07, 6.45) is 3.78. The number of nitrogens with one attached hydrogen (secondary N) is 3. The summed E-state index contributed by atoms with van der Waals surface area (Å²) in [7, 11) is -3.27. The van der Waals surface area contributed by atoms with Crippen LogP contribution in [-0.4, -0.2) is 58.6 Å². The molecule has 0 radical (unpaired) electrons. The van der Waals surface area contributed by atoms with Crippen molar-refractivity contribution in [2.45, 2.75) is 26.3 Å². The Balaban J connectivity index is 1.55. The number of aromatic nitrogens is 3. The van der Waals surface area contributed by atoms with E-state index in [2.05, 4.69) is 25.6 Å². The first-order valence-electron chi connectivity index (χ1n) is 8.19. The number of nitrogens with zero attached hydrogens (tertiary/aromatic N) is 3. The first-order chi connectivity index (χ1) is 11.8. The first kappa shape index (κ1) is 17.6. The van der Waals surface area contributed by atoms with Crippen LogP contribution in [0.15, 0.2) is 18.5 Å². The zero-order chi connectivity index (χ0) is 18.0. The number of sulfonamides is 1. The molecule has 0 unspecified atom stereocenters. The molecule has 2 amide bonds. The predicted molar refractivity (Wildman–Crippen MR) is 94.6 cm³/mol. The van der Waals surface area contributed by atoms with Gasteiger partial charge in [0, 0.05) is 25.3 Å². The molecule has 0 bridgehead atoms. The minimum atomic E-state index is -3.27. The fourth-order valence-electron chi connectivity index (χ4n) is 2.85. The normalized spacial score (nSPS) is 18.8. The predicted octanol–water partition coefficient (Wildman–Crippen LogP) is 1.14. The SMILES string of the molecule is CC(C)CS(=O)(=O)N1CC[C@@H](NC(=O)Nc2cnc3[nH]ccc3n2)C1. The fourth-order valence-corrected chi connectivity index (χ4v) is 4.70. The summed E-state index contributed by atoms with van der Waals surface area (Å²) in [5.74, 6) is 0.534. The van der Waals surface area contributed by atoms with E-state index in [4.69, 9.17) is 0 Å². The molecule has 1 saturated heterocycles. The lowest BCUT2D eigenvalue weighted by Gasteiger charge is -2.18. The number of hydrogen-bond acceptors (Lipinski definition) is 5. The van der Waals surface area contributed by atoms with E-state index in [1.54, 1.807) is 12.3 Å². The molecule has 0 aromatic carbocycles. The molecule has 1 aliphatic rings. The van der Waals surface area contributed by atoms with E-state index in [0.717, 1.165) is 0 Å². The van der Waals surface area contributed by atoms with E-state index < -0.39 is 16.1 Å². The highest BCUT2D eigenvalue weighted by molar-refractivity contribution is 7.89. The smallest absolute Gasteiger partial charge is 0.320 e. The molecule has 136 valence electrons. The molecule has 0 spiro atoms. The maximum atomic E-state index is 12.2. The van der Waals surface area contributed by atoms with E-state index in [1.165, 1.54) is 10.5 Å². The van der Waals surface area contributed by atoms with Crippen molar-refractivity contribution < 1.29 is 13.2 Å². The standard InChI is InChI=1S/C15H22N6O3S/c1-10(2)9-25(23,24)21-6-4-11(8-21)18-15(22)20-13-7-17-14-12(19-13)3-5-16-14/h3,5,7,10-11H,4,6,8-9H2,1-2H3,(H,16,17)(H2,18,19,20,22)/t11-/m1/s1. The van der Waals surface area contributed by atoms with Gasteiger partial charge in [0.2, 0.25) is 10.0 Å². The van der Waals surface area contributed by atoms with E-state index in [-0.39, 0.29) is 17.7 Å². The summed E-state index contributed by atoms with van der Waals surface area (Å²) in [5.41, 5.74) is 1.30. The van der Waals surface area contributed by atoms with Crippen molar-refractivity contribution >= 4 is 33.0 Å². The van der Waals surface area contributed by atoms with Gasteiger partial charge in [0.05, 0.1) is 11.9 Å². The summed E-state index contributed by atoms with van der Waals surface area (Å²) in [4.78, 5) is 23.5. The summed E-state index contributed by atoms with van der Waals surface area (Å²) in [6.45, 7) is 4.47. The zero-order valence-electron chi connectivity index (χ0n) is 14.2. The maximum absolute atomic E-state index is 12.2. The van der Waals surface area contributed by atoms with Crippen molar-refractivity contribution in [2.75, 3.05) is 24.2 Å². The van der Waals surface area contributed by atoms with Gasteiger partial charge in [-0.3, -0.25) is 5.32 Å². The average molecular weight is 366 g/mol. The van der Waals surface area contributed by atoms with Crippen molar-refractivity contribution in [3.05, 3.63) is 18.5 Å². The molecule has 3 heterocycles. The Hall–Kier alpha value is -2.20. The Labute approximate surface area is 146 Å². The minimum Gasteiger partial charge on any atom is -0.345 e. The van der Waals surface area contributed by atoms with Gasteiger partial charge in [-0.25, -0.2) is 23.2 Å². The van der Waals surface area contributed by atoms with Crippen LogP contribution >= 0.6 is 0 Å². The maximum Gasteiger partial charge on any atom is 0.320 e. The number of anilines is 1. The fraction of sp³-hybridized carbons (Fsp3) is 0.533. The van der Waals surface area contributed by atoms with Crippen LogP contribution in [0.25, 0.3) is 11.2 Å². The summed E-state index contributed by atoms with van der Waals surface area (Å²) in [5, 5.41) is 5.42. The quantitative estimate of drug-likeness (QED) is 0.733. The lowest BCUT2D eigenvalue weighted by molar-refractivity contribution is 0.248. The highest BCUT2D eigenvalue weighted by Crippen LogP contribution is 2.16. The van der Waals surface area contributed by atoms with Crippen molar-refractivity contribution in [3.63, 3.8) is 0 Å². The third kappa shape index (κ3) is 4.26. The summed E-state index contributed by atoms with van der Waals surface area (Å²) >= 11 is 0. The Morgan fingerprint density at radius 1 is 1.48 bits per heavy atom. The second-order valence-corrected chi connectivity index (χ2v) is 8.59. The van der Waals surface area contributed by atoms with Crippen LogP contribution < -0.4 is 10.6 Å². The number of hydrogen-bond donors (Lipinski definition) is 3. The van der Waals surface area contributed by atoms with Crippen molar-refractivity contribution in [3.8, 4) is 0 Å². The van der Waals surface area contributed by atoms with Gasteiger partial charge < -0.3 is 10.3 Å². The molecule has 0 aliphatic carbocycles. The molecule has 2 aromatic rings. The van der Waals surface area contributed by atoms with Gasteiger partial charge >= 0.3 is 6.03 Å². The highest BCUT2D eigenvalue weighted by atomic mass is 32.2. The minimum absolute atomic E-state index is 0.0715. The molecule has 25 heavy (non-hydrogen) atoms. The molecule has 1 atom stereocenters. The molecule has 9 nitrogen and oxygen atoms in total. The van der Waals surface area contributed by atoms with Crippen molar-refractivity contribution in [1.82, 2.24) is 24.6 Å². The molecule has 1 aliphatic heterocycles. The van der Waals surface area contributed by atoms with Gasteiger partial charge in [0.1, 0.15) is 5.52 Å². The number of carbonyl (C=O) groups excluding carboxylic acids is 1. The molecule has 0 saturated carbocycles. The molecule has 1 fully saturated rings. The van der Waals surface area contributed by atoms with E-state index in [1.807, 2.05) is 13.8 Å². The Bertz CT molecular complexity index is 863. The van der Waals surface area contributed by atoms with E-state index >= 15 is 0 Å². The van der Waals surface area contributed by atoms with Crippen LogP contribution in [0.2, 0.25) is 0 Å². The number of fused-ring (bicyclic) bond motifs is 1. The molecular weight excluding hydrogens is 344 g/mol. The zero-order valence-corrected chi connectivity index (χ0v) is 15.0. The number of H-pyrrole nitrogens is 1. The van der Waals surface area contributed by atoms with Crippen LogP contribution in [0.1, 0.15) is 20.3 Å². The van der Waals surface area contributed by atoms with Gasteiger partial charge in [0.25, 0.3) is 0 Å². The van der Waals surface area contributed by atoms with Crippen LogP contribution in [0, 0.1) is 5.92 Å². The second kappa shape index (κ2) is 6.96.